The minimum Gasteiger partial charge on any atom is -0.356 e. The van der Waals surface area contributed by atoms with Crippen molar-refractivity contribution in [2.45, 2.75) is 26.2 Å². The maximum Gasteiger partial charge on any atom is 0.228 e. The van der Waals surface area contributed by atoms with Gasteiger partial charge in [-0.1, -0.05) is 0 Å². The summed E-state index contributed by atoms with van der Waals surface area (Å²) in [4.78, 5) is 43.0. The van der Waals surface area contributed by atoms with Crippen LogP contribution in [0.3, 0.4) is 0 Å². The molecule has 0 saturated carbocycles. The lowest BCUT2D eigenvalue weighted by Crippen LogP contribution is -2.51. The molecule has 174 valence electrons. The average molecular weight is 453 g/mol. The lowest BCUT2D eigenvalue weighted by atomic mass is 10.1. The fourth-order valence-electron chi connectivity index (χ4n) is 4.91. The van der Waals surface area contributed by atoms with Crippen LogP contribution in [0.4, 0.5) is 21.8 Å². The van der Waals surface area contributed by atoms with Crippen molar-refractivity contribution in [1.82, 2.24) is 14.9 Å². The summed E-state index contributed by atoms with van der Waals surface area (Å²) in [5.41, 5.74) is 1.58. The van der Waals surface area contributed by atoms with Gasteiger partial charge in [-0.05, 0) is 44.0 Å². The van der Waals surface area contributed by atoms with Crippen molar-refractivity contribution in [3.63, 3.8) is 0 Å². The molecule has 1 unspecified atom stereocenters. The molecule has 33 heavy (non-hydrogen) atoms. The van der Waals surface area contributed by atoms with E-state index >= 15 is 0 Å². The number of aryl methyl sites for hydroxylation is 1. The molecule has 2 aromatic rings. The summed E-state index contributed by atoms with van der Waals surface area (Å²) in [6.45, 7) is 6.89. The first-order valence-corrected chi connectivity index (χ1v) is 11.7. The molecule has 0 radical (unpaired) electrons. The van der Waals surface area contributed by atoms with Gasteiger partial charge in [0, 0.05) is 69.7 Å². The Morgan fingerprint density at radius 3 is 2.36 bits per heavy atom. The van der Waals surface area contributed by atoms with Crippen LogP contribution in [0, 0.1) is 18.7 Å². The number of hydrogen-bond acceptors (Lipinski definition) is 6. The van der Waals surface area contributed by atoms with Gasteiger partial charge in [-0.3, -0.25) is 9.59 Å². The minimum absolute atomic E-state index is 0.00975. The highest BCUT2D eigenvalue weighted by molar-refractivity contribution is 6.00. The van der Waals surface area contributed by atoms with Gasteiger partial charge in [0.05, 0.1) is 5.92 Å². The molecule has 9 heteroatoms. The van der Waals surface area contributed by atoms with E-state index in [0.717, 1.165) is 30.5 Å². The molecule has 1 aromatic heterocycles. The Morgan fingerprint density at radius 1 is 0.970 bits per heavy atom. The van der Waals surface area contributed by atoms with E-state index in [1.807, 2.05) is 17.9 Å². The van der Waals surface area contributed by atoms with E-state index < -0.39 is 0 Å². The fourth-order valence-corrected chi connectivity index (χ4v) is 4.91. The van der Waals surface area contributed by atoms with E-state index in [1.165, 1.54) is 25.0 Å². The summed E-state index contributed by atoms with van der Waals surface area (Å²) < 4.78 is 13.2. The monoisotopic (exact) mass is 452 g/mol. The first kappa shape index (κ1) is 21.6. The standard InChI is InChI=1S/C24H29FN6O2/c1-17-14-21(28-8-2-3-9-28)27-24(26-17)30-12-10-29(11-13-30)23(33)18-15-22(32)31(16-18)20-6-4-19(25)5-7-20/h4-7,14,18H,2-3,8-13,15-16H2,1H3. The normalized spacial score (nSPS) is 21.3. The van der Waals surface area contributed by atoms with Gasteiger partial charge in [0.1, 0.15) is 11.6 Å². The summed E-state index contributed by atoms with van der Waals surface area (Å²) >= 11 is 0. The summed E-state index contributed by atoms with van der Waals surface area (Å²) in [7, 11) is 0. The number of aromatic nitrogens is 2. The second kappa shape index (κ2) is 8.96. The molecule has 1 atom stereocenters. The molecule has 3 aliphatic rings. The molecule has 4 heterocycles. The zero-order valence-electron chi connectivity index (χ0n) is 18.9. The van der Waals surface area contributed by atoms with Gasteiger partial charge in [0.2, 0.25) is 17.8 Å². The van der Waals surface area contributed by atoms with Gasteiger partial charge in [0.15, 0.2) is 0 Å². The summed E-state index contributed by atoms with van der Waals surface area (Å²) in [6.07, 6.45) is 2.58. The zero-order valence-corrected chi connectivity index (χ0v) is 18.9. The minimum atomic E-state index is -0.369. The predicted octanol–water partition coefficient (Wildman–Crippen LogP) is 2.23. The van der Waals surface area contributed by atoms with Gasteiger partial charge in [-0.15, -0.1) is 0 Å². The number of anilines is 3. The van der Waals surface area contributed by atoms with Crippen LogP contribution < -0.4 is 14.7 Å². The van der Waals surface area contributed by atoms with E-state index in [0.29, 0.717) is 38.4 Å². The highest BCUT2D eigenvalue weighted by Gasteiger charge is 2.38. The van der Waals surface area contributed by atoms with Crippen molar-refractivity contribution in [2.24, 2.45) is 5.92 Å². The Labute approximate surface area is 193 Å². The largest absolute Gasteiger partial charge is 0.356 e. The van der Waals surface area contributed by atoms with Crippen LogP contribution in [0.15, 0.2) is 30.3 Å². The maximum atomic E-state index is 13.2. The molecule has 2 amide bonds. The number of rotatable bonds is 4. The van der Waals surface area contributed by atoms with Crippen LogP contribution in [-0.4, -0.2) is 72.5 Å². The highest BCUT2D eigenvalue weighted by atomic mass is 19.1. The lowest BCUT2D eigenvalue weighted by molar-refractivity contribution is -0.136. The number of halogens is 1. The predicted molar refractivity (Wildman–Crippen MR) is 124 cm³/mol. The van der Waals surface area contributed by atoms with Crippen molar-refractivity contribution in [3.8, 4) is 0 Å². The van der Waals surface area contributed by atoms with E-state index in [2.05, 4.69) is 14.8 Å². The third kappa shape index (κ3) is 4.49. The van der Waals surface area contributed by atoms with Crippen LogP contribution in [-0.2, 0) is 9.59 Å². The lowest BCUT2D eigenvalue weighted by Gasteiger charge is -2.36. The van der Waals surface area contributed by atoms with Gasteiger partial charge >= 0.3 is 0 Å². The zero-order chi connectivity index (χ0) is 22.9. The number of carbonyl (C=O) groups is 2. The molecule has 0 aliphatic carbocycles. The topological polar surface area (TPSA) is 72.9 Å². The Morgan fingerprint density at radius 2 is 1.67 bits per heavy atom. The van der Waals surface area contributed by atoms with Crippen LogP contribution in [0.5, 0.6) is 0 Å². The molecule has 0 spiro atoms. The Hall–Kier alpha value is -3.23. The average Bonchev–Trinajstić information content (AvgIpc) is 3.49. The molecule has 0 N–H and O–H groups in total. The van der Waals surface area contributed by atoms with E-state index in [9.17, 15) is 14.0 Å². The number of benzene rings is 1. The summed E-state index contributed by atoms with van der Waals surface area (Å²) in [6, 6.07) is 7.87. The fraction of sp³-hybridized carbons (Fsp3) is 0.500. The van der Waals surface area contributed by atoms with Crippen molar-refractivity contribution < 1.29 is 14.0 Å². The van der Waals surface area contributed by atoms with E-state index in [4.69, 9.17) is 4.98 Å². The smallest absolute Gasteiger partial charge is 0.228 e. The first-order chi connectivity index (χ1) is 16.0. The summed E-state index contributed by atoms with van der Waals surface area (Å²) in [5, 5.41) is 0. The molecular formula is C24H29FN6O2. The van der Waals surface area contributed by atoms with Crippen LogP contribution in [0.25, 0.3) is 0 Å². The third-order valence-corrected chi connectivity index (χ3v) is 6.75. The van der Waals surface area contributed by atoms with Crippen molar-refractivity contribution in [2.75, 3.05) is 60.5 Å². The number of carbonyl (C=O) groups excluding carboxylic acids is 2. The molecule has 3 saturated heterocycles. The molecular weight excluding hydrogens is 423 g/mol. The Balaban J connectivity index is 1.20. The maximum absolute atomic E-state index is 13.2. The molecule has 5 rings (SSSR count). The number of amides is 2. The quantitative estimate of drug-likeness (QED) is 0.709. The molecule has 0 bridgehead atoms. The highest BCUT2D eigenvalue weighted by Crippen LogP contribution is 2.27. The van der Waals surface area contributed by atoms with E-state index in [1.54, 1.807) is 17.0 Å². The number of nitrogens with zero attached hydrogens (tertiary/aromatic N) is 6. The van der Waals surface area contributed by atoms with Gasteiger partial charge < -0.3 is 19.6 Å². The van der Waals surface area contributed by atoms with Crippen LogP contribution in [0.2, 0.25) is 0 Å². The molecule has 8 nitrogen and oxygen atoms in total. The third-order valence-electron chi connectivity index (χ3n) is 6.75. The van der Waals surface area contributed by atoms with Gasteiger partial charge in [0.25, 0.3) is 0 Å². The van der Waals surface area contributed by atoms with Gasteiger partial charge in [-0.2, -0.15) is 4.98 Å². The SMILES string of the molecule is Cc1cc(N2CCCC2)nc(N2CCN(C(=O)C3CC(=O)N(c4ccc(F)cc4)C3)CC2)n1. The summed E-state index contributed by atoms with van der Waals surface area (Å²) in [5.74, 6) is 0.908. The van der Waals surface area contributed by atoms with Crippen molar-refractivity contribution in [3.05, 3.63) is 41.8 Å². The second-order valence-corrected chi connectivity index (χ2v) is 9.06. The molecule has 3 fully saturated rings. The second-order valence-electron chi connectivity index (χ2n) is 9.06. The van der Waals surface area contributed by atoms with Crippen LogP contribution in [0.1, 0.15) is 25.0 Å². The van der Waals surface area contributed by atoms with Crippen molar-refractivity contribution >= 4 is 29.3 Å². The number of piperazine rings is 1. The van der Waals surface area contributed by atoms with Crippen LogP contribution >= 0.6 is 0 Å². The van der Waals surface area contributed by atoms with Crippen molar-refractivity contribution in [1.29, 1.82) is 0 Å². The molecule has 3 aliphatic heterocycles. The van der Waals surface area contributed by atoms with Gasteiger partial charge in [-0.25, -0.2) is 9.37 Å². The molecule has 1 aromatic carbocycles. The Bertz CT molecular complexity index is 1030. The number of hydrogen-bond donors (Lipinski definition) is 0. The van der Waals surface area contributed by atoms with E-state index in [-0.39, 0.29) is 30.0 Å². The Kier molecular flexibility index (Phi) is 5.86. The first-order valence-electron chi connectivity index (χ1n) is 11.7.